The summed E-state index contributed by atoms with van der Waals surface area (Å²) in [6.45, 7) is 12.8. The quantitative estimate of drug-likeness (QED) is 0.732. The molecule has 0 saturated carbocycles. The Morgan fingerprint density at radius 2 is 1.06 bits per heavy atom. The number of rotatable bonds is 2. The standard InChI is InChI=1S/C12H24O4/c1-11(2,3)15-9-7-14-10(8-13-9)16-12(4,5)6/h9-10H,7-8H2,1-6H3/t9-,10-/m1/s1. The lowest BCUT2D eigenvalue weighted by molar-refractivity contribution is -0.321. The lowest BCUT2D eigenvalue weighted by atomic mass is 10.2. The normalized spacial score (nSPS) is 28.1. The fraction of sp³-hybridized carbons (Fsp3) is 1.00. The minimum atomic E-state index is -0.292. The van der Waals surface area contributed by atoms with Crippen LogP contribution in [0.4, 0.5) is 0 Å². The van der Waals surface area contributed by atoms with Gasteiger partial charge in [0.25, 0.3) is 0 Å². The summed E-state index contributed by atoms with van der Waals surface area (Å²) in [5.74, 6) is 0. The van der Waals surface area contributed by atoms with Crippen molar-refractivity contribution in [3.05, 3.63) is 0 Å². The van der Waals surface area contributed by atoms with E-state index in [1.165, 1.54) is 0 Å². The van der Waals surface area contributed by atoms with Crippen molar-refractivity contribution >= 4 is 0 Å². The molecule has 0 radical (unpaired) electrons. The highest BCUT2D eigenvalue weighted by Gasteiger charge is 2.29. The van der Waals surface area contributed by atoms with Crippen LogP contribution in [-0.2, 0) is 18.9 Å². The van der Waals surface area contributed by atoms with Gasteiger partial charge >= 0.3 is 0 Å². The Balaban J connectivity index is 2.29. The predicted octanol–water partition coefficient (Wildman–Crippen LogP) is 2.32. The molecule has 0 aromatic rings. The van der Waals surface area contributed by atoms with Crippen molar-refractivity contribution in [3.63, 3.8) is 0 Å². The Morgan fingerprint density at radius 1 is 0.750 bits per heavy atom. The van der Waals surface area contributed by atoms with E-state index in [0.717, 1.165) is 0 Å². The highest BCUT2D eigenvalue weighted by molar-refractivity contribution is 4.66. The van der Waals surface area contributed by atoms with Gasteiger partial charge < -0.3 is 18.9 Å². The lowest BCUT2D eigenvalue weighted by Gasteiger charge is -2.35. The monoisotopic (exact) mass is 232 g/mol. The van der Waals surface area contributed by atoms with Crippen LogP contribution in [0, 0.1) is 0 Å². The zero-order chi connectivity index (χ0) is 12.4. The van der Waals surface area contributed by atoms with E-state index in [0.29, 0.717) is 13.2 Å². The SMILES string of the molecule is CC(C)(C)O[C@@H]1CO[C@H](OC(C)(C)C)CO1. The van der Waals surface area contributed by atoms with Gasteiger partial charge in [-0.2, -0.15) is 0 Å². The summed E-state index contributed by atoms with van der Waals surface area (Å²) in [7, 11) is 0. The van der Waals surface area contributed by atoms with E-state index in [1.807, 2.05) is 41.5 Å². The minimum Gasteiger partial charge on any atom is -0.345 e. The Bertz CT molecular complexity index is 182. The molecule has 16 heavy (non-hydrogen) atoms. The van der Waals surface area contributed by atoms with Crippen LogP contribution in [0.5, 0.6) is 0 Å². The number of ether oxygens (including phenoxy) is 4. The van der Waals surface area contributed by atoms with E-state index in [9.17, 15) is 0 Å². The summed E-state index contributed by atoms with van der Waals surface area (Å²) in [5.41, 5.74) is -0.433. The van der Waals surface area contributed by atoms with E-state index in [4.69, 9.17) is 18.9 Å². The van der Waals surface area contributed by atoms with Gasteiger partial charge in [-0.1, -0.05) is 0 Å². The molecule has 0 aromatic carbocycles. The number of hydrogen-bond acceptors (Lipinski definition) is 4. The first-order chi connectivity index (χ1) is 7.16. The molecule has 1 aliphatic rings. The molecule has 0 amide bonds. The highest BCUT2D eigenvalue weighted by atomic mass is 16.8. The smallest absolute Gasteiger partial charge is 0.181 e. The zero-order valence-corrected chi connectivity index (χ0v) is 11.2. The molecule has 1 saturated heterocycles. The van der Waals surface area contributed by atoms with Gasteiger partial charge in [0, 0.05) is 0 Å². The van der Waals surface area contributed by atoms with E-state index < -0.39 is 0 Å². The zero-order valence-electron chi connectivity index (χ0n) is 11.2. The molecule has 0 bridgehead atoms. The molecule has 2 atom stereocenters. The maximum Gasteiger partial charge on any atom is 0.181 e. The first-order valence-corrected chi connectivity index (χ1v) is 5.74. The molecule has 0 unspecified atom stereocenters. The van der Waals surface area contributed by atoms with E-state index in [1.54, 1.807) is 0 Å². The average molecular weight is 232 g/mol. The number of hydrogen-bond donors (Lipinski definition) is 0. The van der Waals surface area contributed by atoms with Crippen LogP contribution >= 0.6 is 0 Å². The van der Waals surface area contributed by atoms with Crippen molar-refractivity contribution in [1.29, 1.82) is 0 Å². The van der Waals surface area contributed by atoms with Gasteiger partial charge in [-0.3, -0.25) is 0 Å². The van der Waals surface area contributed by atoms with Crippen LogP contribution in [0.1, 0.15) is 41.5 Å². The maximum absolute atomic E-state index is 5.65. The summed E-state index contributed by atoms with van der Waals surface area (Å²) in [4.78, 5) is 0. The first-order valence-electron chi connectivity index (χ1n) is 5.74. The summed E-state index contributed by atoms with van der Waals surface area (Å²) in [6, 6.07) is 0. The fourth-order valence-corrected chi connectivity index (χ4v) is 1.39. The van der Waals surface area contributed by atoms with E-state index >= 15 is 0 Å². The highest BCUT2D eigenvalue weighted by Crippen LogP contribution is 2.19. The van der Waals surface area contributed by atoms with Crippen LogP contribution in [0.15, 0.2) is 0 Å². The Kier molecular flexibility index (Phi) is 4.35. The molecule has 0 N–H and O–H groups in total. The third kappa shape index (κ3) is 5.80. The molecular formula is C12H24O4. The Hall–Kier alpha value is -0.160. The molecule has 1 aliphatic heterocycles. The van der Waals surface area contributed by atoms with Crippen molar-refractivity contribution in [2.45, 2.75) is 65.3 Å². The molecule has 0 aliphatic carbocycles. The van der Waals surface area contributed by atoms with Gasteiger partial charge in [0.15, 0.2) is 12.6 Å². The van der Waals surface area contributed by atoms with Crippen LogP contribution < -0.4 is 0 Å². The molecule has 1 heterocycles. The second kappa shape index (κ2) is 5.00. The molecule has 4 nitrogen and oxygen atoms in total. The predicted molar refractivity (Wildman–Crippen MR) is 61.2 cm³/mol. The van der Waals surface area contributed by atoms with Crippen molar-refractivity contribution in [3.8, 4) is 0 Å². The topological polar surface area (TPSA) is 36.9 Å². The van der Waals surface area contributed by atoms with Crippen molar-refractivity contribution in [2.75, 3.05) is 13.2 Å². The second-order valence-corrected chi connectivity index (χ2v) is 5.99. The van der Waals surface area contributed by atoms with Gasteiger partial charge in [0.2, 0.25) is 0 Å². The van der Waals surface area contributed by atoms with Crippen LogP contribution in [0.2, 0.25) is 0 Å². The van der Waals surface area contributed by atoms with E-state index in [-0.39, 0.29) is 23.8 Å². The van der Waals surface area contributed by atoms with Crippen molar-refractivity contribution in [1.82, 2.24) is 0 Å². The Morgan fingerprint density at radius 3 is 1.25 bits per heavy atom. The minimum absolute atomic E-state index is 0.217. The lowest BCUT2D eigenvalue weighted by Crippen LogP contribution is -2.44. The van der Waals surface area contributed by atoms with Crippen LogP contribution in [0.3, 0.4) is 0 Å². The van der Waals surface area contributed by atoms with Gasteiger partial charge in [0.1, 0.15) is 13.2 Å². The van der Waals surface area contributed by atoms with E-state index in [2.05, 4.69) is 0 Å². The summed E-state index contributed by atoms with van der Waals surface area (Å²) < 4.78 is 22.4. The van der Waals surface area contributed by atoms with Crippen molar-refractivity contribution < 1.29 is 18.9 Å². The van der Waals surface area contributed by atoms with Crippen molar-refractivity contribution in [2.24, 2.45) is 0 Å². The molecule has 96 valence electrons. The third-order valence-electron chi connectivity index (χ3n) is 1.81. The largest absolute Gasteiger partial charge is 0.345 e. The Labute approximate surface area is 98.2 Å². The molecule has 4 heteroatoms. The summed E-state index contributed by atoms with van der Waals surface area (Å²) in [5, 5.41) is 0. The van der Waals surface area contributed by atoms with Gasteiger partial charge in [-0.25, -0.2) is 0 Å². The summed E-state index contributed by atoms with van der Waals surface area (Å²) >= 11 is 0. The van der Waals surface area contributed by atoms with Gasteiger partial charge in [0.05, 0.1) is 11.2 Å². The molecule has 1 fully saturated rings. The van der Waals surface area contributed by atoms with Crippen LogP contribution in [-0.4, -0.2) is 37.0 Å². The van der Waals surface area contributed by atoms with Gasteiger partial charge in [-0.05, 0) is 41.5 Å². The average Bonchev–Trinajstić information content (AvgIpc) is 2.03. The van der Waals surface area contributed by atoms with Gasteiger partial charge in [-0.15, -0.1) is 0 Å². The molecular weight excluding hydrogens is 208 g/mol. The third-order valence-corrected chi connectivity index (χ3v) is 1.81. The molecule has 0 spiro atoms. The fourth-order valence-electron chi connectivity index (χ4n) is 1.39. The second-order valence-electron chi connectivity index (χ2n) is 5.99. The summed E-state index contributed by atoms with van der Waals surface area (Å²) in [6.07, 6.45) is -0.584. The molecule has 1 rings (SSSR count). The first kappa shape index (κ1) is 13.9. The molecule has 0 aromatic heterocycles. The maximum atomic E-state index is 5.65. The van der Waals surface area contributed by atoms with Crippen LogP contribution in [0.25, 0.3) is 0 Å².